The molecule has 1 heterocycles. The molecule has 138 valence electrons. The molecule has 26 heavy (non-hydrogen) atoms. The summed E-state index contributed by atoms with van der Waals surface area (Å²) in [7, 11) is 0. The van der Waals surface area contributed by atoms with Crippen molar-refractivity contribution in [3.05, 3.63) is 56.0 Å². The molecule has 0 atom stereocenters. The Morgan fingerprint density at radius 3 is 2.85 bits per heavy atom. The first-order chi connectivity index (χ1) is 12.4. The monoisotopic (exact) mass is 359 g/mol. The number of hydrogen-bond donors (Lipinski definition) is 2. The fourth-order valence-electron chi connectivity index (χ4n) is 2.08. The van der Waals surface area contributed by atoms with Crippen LogP contribution in [-0.4, -0.2) is 27.7 Å². The minimum atomic E-state index is -0.499. The lowest BCUT2D eigenvalue weighted by molar-refractivity contribution is -0.385. The fraction of sp³-hybridized carbons (Fsp3) is 0.353. The third-order valence-electron chi connectivity index (χ3n) is 3.38. The number of nitro benzene ring substituents is 1. The van der Waals surface area contributed by atoms with Gasteiger partial charge in [-0.3, -0.25) is 19.9 Å². The summed E-state index contributed by atoms with van der Waals surface area (Å²) in [5.74, 6) is 0.521. The van der Waals surface area contributed by atoms with E-state index in [2.05, 4.69) is 20.5 Å². The van der Waals surface area contributed by atoms with Crippen molar-refractivity contribution >= 4 is 17.9 Å². The molecule has 9 heteroatoms. The van der Waals surface area contributed by atoms with Crippen molar-refractivity contribution in [3.8, 4) is 5.75 Å². The largest absolute Gasteiger partial charge is 0.487 e. The molecule has 0 saturated heterocycles. The maximum atomic E-state index is 11.6. The van der Waals surface area contributed by atoms with Crippen molar-refractivity contribution in [1.29, 1.82) is 0 Å². The van der Waals surface area contributed by atoms with E-state index in [-0.39, 0.29) is 28.9 Å². The molecule has 0 saturated carbocycles. The molecule has 9 nitrogen and oxygen atoms in total. The second kappa shape index (κ2) is 8.75. The molecule has 2 aromatic rings. The zero-order valence-electron chi connectivity index (χ0n) is 14.9. The molecule has 1 aromatic carbocycles. The lowest BCUT2D eigenvalue weighted by Crippen LogP contribution is -2.12. The maximum absolute atomic E-state index is 11.6. The highest BCUT2D eigenvalue weighted by molar-refractivity contribution is 5.82. The first-order valence-corrected chi connectivity index (χ1v) is 8.22. The number of nitro groups is 1. The summed E-state index contributed by atoms with van der Waals surface area (Å²) in [4.78, 5) is 29.1. The van der Waals surface area contributed by atoms with E-state index in [0.29, 0.717) is 17.9 Å². The first-order valence-electron chi connectivity index (χ1n) is 8.22. The highest BCUT2D eigenvalue weighted by Crippen LogP contribution is 2.27. The number of nitrogens with one attached hydrogen (secondary N) is 2. The van der Waals surface area contributed by atoms with E-state index in [4.69, 9.17) is 4.74 Å². The lowest BCUT2D eigenvalue weighted by Gasteiger charge is -2.06. The molecule has 2 rings (SSSR count). The Morgan fingerprint density at radius 2 is 2.19 bits per heavy atom. The summed E-state index contributed by atoms with van der Waals surface area (Å²) in [5.41, 5.74) is 3.36. The van der Waals surface area contributed by atoms with Gasteiger partial charge in [0, 0.05) is 17.7 Å². The number of hydrazone groups is 1. The van der Waals surface area contributed by atoms with E-state index in [1.54, 1.807) is 6.07 Å². The highest BCUT2D eigenvalue weighted by atomic mass is 16.6. The maximum Gasteiger partial charge on any atom is 0.311 e. The normalized spacial score (nSPS) is 11.1. The smallest absolute Gasteiger partial charge is 0.311 e. The number of aromatic nitrogens is 2. The van der Waals surface area contributed by atoms with Gasteiger partial charge < -0.3 is 4.74 Å². The molecule has 0 aliphatic heterocycles. The number of aromatic amines is 1. The number of hydrogen-bond acceptors (Lipinski definition) is 7. The summed E-state index contributed by atoms with van der Waals surface area (Å²) in [6.45, 7) is 6.18. The molecule has 0 bridgehead atoms. The number of H-pyrrole nitrogens is 1. The van der Waals surface area contributed by atoms with Crippen molar-refractivity contribution in [3.63, 3.8) is 0 Å². The van der Waals surface area contributed by atoms with Gasteiger partial charge in [0.25, 0.3) is 5.56 Å². The van der Waals surface area contributed by atoms with E-state index in [0.717, 1.165) is 6.42 Å². The van der Waals surface area contributed by atoms with E-state index >= 15 is 0 Å². The van der Waals surface area contributed by atoms with Crippen LogP contribution in [0.5, 0.6) is 5.75 Å². The second-order valence-corrected chi connectivity index (χ2v) is 5.88. The fourth-order valence-corrected chi connectivity index (χ4v) is 2.08. The van der Waals surface area contributed by atoms with Gasteiger partial charge in [0.05, 0.1) is 23.4 Å². The Hall–Kier alpha value is -3.23. The van der Waals surface area contributed by atoms with Crippen molar-refractivity contribution in [1.82, 2.24) is 9.97 Å². The van der Waals surface area contributed by atoms with Crippen LogP contribution in [-0.2, 0) is 0 Å². The first kappa shape index (κ1) is 19.1. The Bertz CT molecular complexity index is 860. The number of benzene rings is 1. The molecule has 2 N–H and O–H groups in total. The van der Waals surface area contributed by atoms with Crippen molar-refractivity contribution in [2.45, 2.75) is 33.1 Å². The molecule has 0 aliphatic carbocycles. The van der Waals surface area contributed by atoms with Crippen LogP contribution in [0.25, 0.3) is 0 Å². The number of ether oxygens (including phenoxy) is 1. The summed E-state index contributed by atoms with van der Waals surface area (Å²) < 4.78 is 5.37. The van der Waals surface area contributed by atoms with E-state index in [1.807, 2.05) is 20.8 Å². The molecule has 0 radical (unpaired) electrons. The number of nitrogens with zero attached hydrogens (tertiary/aromatic N) is 3. The Balaban J connectivity index is 2.17. The van der Waals surface area contributed by atoms with Crippen LogP contribution in [0, 0.1) is 10.1 Å². The number of anilines is 1. The van der Waals surface area contributed by atoms with Crippen molar-refractivity contribution in [2.24, 2.45) is 5.10 Å². The second-order valence-electron chi connectivity index (χ2n) is 5.88. The predicted molar refractivity (Wildman–Crippen MR) is 99.0 cm³/mol. The number of rotatable bonds is 8. The van der Waals surface area contributed by atoms with Gasteiger partial charge in [0.15, 0.2) is 5.75 Å². The van der Waals surface area contributed by atoms with Gasteiger partial charge in [0.2, 0.25) is 5.95 Å². The SMILES string of the molecule is CCCOc1ccc(/C=N\Nc2nc(C(C)C)cc(=O)[nH]2)cc1[N+](=O)[O-]. The van der Waals surface area contributed by atoms with Gasteiger partial charge in [-0.15, -0.1) is 0 Å². The average molecular weight is 359 g/mol. The Morgan fingerprint density at radius 1 is 1.42 bits per heavy atom. The van der Waals surface area contributed by atoms with Crippen LogP contribution in [0.1, 0.15) is 44.4 Å². The topological polar surface area (TPSA) is 123 Å². The van der Waals surface area contributed by atoms with Crippen molar-refractivity contribution < 1.29 is 9.66 Å². The van der Waals surface area contributed by atoms with E-state index in [9.17, 15) is 14.9 Å². The zero-order valence-corrected chi connectivity index (χ0v) is 14.9. The van der Waals surface area contributed by atoms with Crippen LogP contribution >= 0.6 is 0 Å². The summed E-state index contributed by atoms with van der Waals surface area (Å²) >= 11 is 0. The molecule has 0 amide bonds. The predicted octanol–water partition coefficient (Wildman–Crippen LogP) is 3.04. The van der Waals surface area contributed by atoms with Gasteiger partial charge in [-0.25, -0.2) is 10.4 Å². The summed E-state index contributed by atoms with van der Waals surface area (Å²) in [6, 6.07) is 5.99. The summed E-state index contributed by atoms with van der Waals surface area (Å²) in [6.07, 6.45) is 2.16. The average Bonchev–Trinajstić information content (AvgIpc) is 2.59. The van der Waals surface area contributed by atoms with Crippen LogP contribution in [0.4, 0.5) is 11.6 Å². The van der Waals surface area contributed by atoms with Crippen LogP contribution < -0.4 is 15.7 Å². The Labute approximate surface area is 150 Å². The minimum Gasteiger partial charge on any atom is -0.487 e. The highest BCUT2D eigenvalue weighted by Gasteiger charge is 2.15. The van der Waals surface area contributed by atoms with E-state index in [1.165, 1.54) is 24.4 Å². The van der Waals surface area contributed by atoms with Gasteiger partial charge in [-0.1, -0.05) is 20.8 Å². The molecular weight excluding hydrogens is 338 g/mol. The van der Waals surface area contributed by atoms with Gasteiger partial charge in [0.1, 0.15) is 0 Å². The molecule has 0 fully saturated rings. The molecular formula is C17H21N5O4. The van der Waals surface area contributed by atoms with Gasteiger partial charge >= 0.3 is 5.69 Å². The van der Waals surface area contributed by atoms with Crippen LogP contribution in [0.3, 0.4) is 0 Å². The summed E-state index contributed by atoms with van der Waals surface area (Å²) in [5, 5.41) is 15.2. The molecule has 0 spiro atoms. The van der Waals surface area contributed by atoms with Crippen LogP contribution in [0.2, 0.25) is 0 Å². The zero-order chi connectivity index (χ0) is 19.1. The third kappa shape index (κ3) is 5.13. The van der Waals surface area contributed by atoms with Crippen LogP contribution in [0.15, 0.2) is 34.2 Å². The van der Waals surface area contributed by atoms with Crippen molar-refractivity contribution in [2.75, 3.05) is 12.0 Å². The quantitative estimate of drug-likeness (QED) is 0.424. The van der Waals surface area contributed by atoms with Gasteiger partial charge in [-0.2, -0.15) is 5.10 Å². The minimum absolute atomic E-state index is 0.0974. The molecule has 0 unspecified atom stereocenters. The third-order valence-corrected chi connectivity index (χ3v) is 3.38. The standard InChI is InChI=1S/C17H21N5O4/c1-4-7-26-15-6-5-12(8-14(15)22(24)25)10-18-21-17-19-13(11(2)3)9-16(23)20-17/h5-6,8-11H,4,7H2,1-3H3,(H2,19,20,21,23)/b18-10-. The molecule has 1 aromatic heterocycles. The molecule has 0 aliphatic rings. The Kier molecular flexibility index (Phi) is 6.42. The van der Waals surface area contributed by atoms with Gasteiger partial charge in [-0.05, 0) is 24.5 Å². The van der Waals surface area contributed by atoms with E-state index < -0.39 is 4.92 Å². The lowest BCUT2D eigenvalue weighted by atomic mass is 10.1.